The van der Waals surface area contributed by atoms with Gasteiger partial charge in [-0.1, -0.05) is 51.1 Å². The van der Waals surface area contributed by atoms with Crippen LogP contribution in [0.5, 0.6) is 5.75 Å². The molecule has 13 nitrogen and oxygen atoms in total. The monoisotopic (exact) mass is 749 g/mol. The number of benzene rings is 2. The Bertz CT molecular complexity index is 1920. The number of rotatable bonds is 11. The number of methoxy groups -OCH3 is 1. The number of carbonyl (C=O) groups excluding carboxylic acids is 4. The first-order valence-corrected chi connectivity index (χ1v) is 20.3. The highest BCUT2D eigenvalue weighted by molar-refractivity contribution is 7.91. The number of amides is 4. The van der Waals surface area contributed by atoms with Gasteiger partial charge in [-0.25, -0.2) is 13.2 Å². The standard InChI is InChI=1S/C39H51N5O8S/c1-6-25-19-39(25,36(47)42-53(49,50)28-15-16-28)41-34(45)30-18-26(43-20-23-10-9-13-29-31(51-5)17-14-24(21-43)32(23)29)22-44(30)35(46)33(38(2,3)4)40-37(48)52-27-11-7-8-12-27/h6,9-10,13-14,17,25-28,30,33H,1,7-8,11-12,15-16,18-22H2,2-5H3,(H,40,48)(H,41,45)(H,42,47)/t25-,26-,30+,33-,39-/m1/s1. The van der Waals surface area contributed by atoms with E-state index in [1.165, 1.54) is 4.90 Å². The molecule has 2 heterocycles. The highest BCUT2D eigenvalue weighted by Crippen LogP contribution is 2.46. The lowest BCUT2D eigenvalue weighted by Gasteiger charge is -2.36. The maximum absolute atomic E-state index is 14.7. The molecule has 5 aliphatic rings. The van der Waals surface area contributed by atoms with E-state index in [1.54, 1.807) is 13.2 Å². The Balaban J connectivity index is 1.17. The highest BCUT2D eigenvalue weighted by atomic mass is 32.2. The number of nitrogens with zero attached hydrogens (tertiary/aromatic N) is 2. The van der Waals surface area contributed by atoms with E-state index >= 15 is 0 Å². The molecule has 0 bridgehead atoms. The van der Waals surface area contributed by atoms with E-state index in [0.717, 1.165) is 53.3 Å². The summed E-state index contributed by atoms with van der Waals surface area (Å²) < 4.78 is 39.0. The van der Waals surface area contributed by atoms with Gasteiger partial charge in [-0.2, -0.15) is 0 Å². The molecule has 0 unspecified atom stereocenters. The maximum atomic E-state index is 14.7. The van der Waals surface area contributed by atoms with Crippen molar-refractivity contribution in [2.24, 2.45) is 11.3 Å². The van der Waals surface area contributed by atoms with Gasteiger partial charge in [0.05, 0.1) is 12.4 Å². The summed E-state index contributed by atoms with van der Waals surface area (Å²) >= 11 is 0. The SMILES string of the molecule is C=C[C@@H]1C[C@]1(NC(=O)[C@@H]1C[C@@H](N2Cc3cccc4c(OC)ccc(c34)C2)CN1C(=O)[C@@H](NC(=O)OC1CCCC1)C(C)(C)C)C(=O)NS(=O)(=O)C1CC1. The molecule has 0 aromatic heterocycles. The first-order chi connectivity index (χ1) is 25.1. The third kappa shape index (κ3) is 7.24. The molecule has 0 spiro atoms. The average Bonchev–Trinajstić information content (AvgIpc) is 3.99. The van der Waals surface area contributed by atoms with Crippen LogP contribution in [0.1, 0.15) is 83.3 Å². The number of sulfonamides is 1. The minimum absolute atomic E-state index is 0.188. The Labute approximate surface area is 311 Å². The molecule has 14 heteroatoms. The van der Waals surface area contributed by atoms with E-state index in [0.29, 0.717) is 25.9 Å². The number of hydrogen-bond acceptors (Lipinski definition) is 9. The van der Waals surface area contributed by atoms with Crippen LogP contribution < -0.4 is 20.1 Å². The van der Waals surface area contributed by atoms with Crippen LogP contribution in [0.25, 0.3) is 10.8 Å². The van der Waals surface area contributed by atoms with Crippen LogP contribution >= 0.6 is 0 Å². The molecule has 4 fully saturated rings. The zero-order chi connectivity index (χ0) is 37.9. The molecular formula is C39H51N5O8S. The van der Waals surface area contributed by atoms with Gasteiger partial charge in [0.25, 0.3) is 5.91 Å². The highest BCUT2D eigenvalue weighted by Gasteiger charge is 2.62. The quantitative estimate of drug-likeness (QED) is 0.290. The predicted octanol–water partition coefficient (Wildman–Crippen LogP) is 3.89. The van der Waals surface area contributed by atoms with Gasteiger partial charge >= 0.3 is 6.09 Å². The van der Waals surface area contributed by atoms with E-state index in [2.05, 4.69) is 39.0 Å². The number of hydrogen-bond donors (Lipinski definition) is 3. The smallest absolute Gasteiger partial charge is 0.408 e. The molecule has 2 aromatic carbocycles. The molecule has 53 heavy (non-hydrogen) atoms. The maximum Gasteiger partial charge on any atom is 0.408 e. The summed E-state index contributed by atoms with van der Waals surface area (Å²) in [6.07, 6.45) is 5.60. The molecule has 3 N–H and O–H groups in total. The fourth-order valence-electron chi connectivity index (χ4n) is 8.44. The van der Waals surface area contributed by atoms with Crippen LogP contribution in [0.4, 0.5) is 4.79 Å². The van der Waals surface area contributed by atoms with Crippen molar-refractivity contribution in [2.45, 2.75) is 120 Å². The molecule has 3 saturated carbocycles. The van der Waals surface area contributed by atoms with Gasteiger partial charge < -0.3 is 25.0 Å². The van der Waals surface area contributed by atoms with Crippen molar-refractivity contribution in [1.82, 2.24) is 25.2 Å². The average molecular weight is 750 g/mol. The van der Waals surface area contributed by atoms with Crippen LogP contribution in [0.3, 0.4) is 0 Å². The molecule has 2 aliphatic heterocycles. The molecule has 0 radical (unpaired) electrons. The third-order valence-corrected chi connectivity index (χ3v) is 13.5. The van der Waals surface area contributed by atoms with E-state index in [4.69, 9.17) is 9.47 Å². The van der Waals surface area contributed by atoms with Gasteiger partial charge in [0.2, 0.25) is 21.8 Å². The second-order valence-corrected chi connectivity index (χ2v) is 18.5. The zero-order valence-electron chi connectivity index (χ0n) is 31.0. The Morgan fingerprint density at radius 2 is 1.72 bits per heavy atom. The summed E-state index contributed by atoms with van der Waals surface area (Å²) in [5, 5.41) is 7.27. The summed E-state index contributed by atoms with van der Waals surface area (Å²) in [6.45, 7) is 10.7. The minimum Gasteiger partial charge on any atom is -0.496 e. The largest absolute Gasteiger partial charge is 0.496 e. The van der Waals surface area contributed by atoms with E-state index in [-0.39, 0.29) is 31.5 Å². The van der Waals surface area contributed by atoms with Crippen LogP contribution in [-0.4, -0.2) is 90.7 Å². The Morgan fingerprint density at radius 3 is 2.34 bits per heavy atom. The number of likely N-dealkylation sites (tertiary alicyclic amines) is 1. The number of ether oxygens (including phenoxy) is 2. The van der Waals surface area contributed by atoms with E-state index in [1.807, 2.05) is 39.0 Å². The lowest BCUT2D eigenvalue weighted by molar-refractivity contribution is -0.142. The van der Waals surface area contributed by atoms with Gasteiger partial charge in [-0.15, -0.1) is 6.58 Å². The molecule has 7 rings (SSSR count). The Hall–Kier alpha value is -4.17. The normalized spacial score (nSPS) is 26.5. The van der Waals surface area contributed by atoms with Gasteiger partial charge in [0.15, 0.2) is 0 Å². The lowest BCUT2D eigenvalue weighted by atomic mass is 9.85. The predicted molar refractivity (Wildman–Crippen MR) is 198 cm³/mol. The van der Waals surface area contributed by atoms with Gasteiger partial charge in [0, 0.05) is 37.0 Å². The Kier molecular flexibility index (Phi) is 9.75. The van der Waals surface area contributed by atoms with Crippen molar-refractivity contribution in [1.29, 1.82) is 0 Å². The van der Waals surface area contributed by atoms with Crippen LogP contribution in [0.15, 0.2) is 43.0 Å². The summed E-state index contributed by atoms with van der Waals surface area (Å²) in [5.74, 6) is -1.47. The number of nitrogens with one attached hydrogen (secondary N) is 3. The minimum atomic E-state index is -3.87. The van der Waals surface area contributed by atoms with Crippen molar-refractivity contribution in [3.63, 3.8) is 0 Å². The zero-order valence-corrected chi connectivity index (χ0v) is 31.8. The molecule has 3 aliphatic carbocycles. The fraction of sp³-hybridized carbons (Fsp3) is 0.590. The topological polar surface area (TPSA) is 163 Å². The molecule has 2 aromatic rings. The molecule has 1 saturated heterocycles. The third-order valence-electron chi connectivity index (χ3n) is 11.7. The van der Waals surface area contributed by atoms with Gasteiger partial charge in [-0.3, -0.25) is 24.0 Å². The molecule has 5 atom stereocenters. The van der Waals surface area contributed by atoms with Gasteiger partial charge in [-0.05, 0) is 79.4 Å². The van der Waals surface area contributed by atoms with Crippen molar-refractivity contribution in [2.75, 3.05) is 13.7 Å². The van der Waals surface area contributed by atoms with Crippen molar-refractivity contribution >= 4 is 44.6 Å². The summed E-state index contributed by atoms with van der Waals surface area (Å²) in [6, 6.07) is 7.85. The second kappa shape index (κ2) is 13.9. The molecule has 4 amide bonds. The second-order valence-electron chi connectivity index (χ2n) is 16.5. The van der Waals surface area contributed by atoms with Crippen molar-refractivity contribution < 1.29 is 37.1 Å². The number of carbonyl (C=O) groups is 4. The van der Waals surface area contributed by atoms with Crippen LogP contribution in [-0.2, 0) is 42.2 Å². The summed E-state index contributed by atoms with van der Waals surface area (Å²) in [4.78, 5) is 59.7. The van der Waals surface area contributed by atoms with Crippen molar-refractivity contribution in [3.8, 4) is 5.75 Å². The molecule has 286 valence electrons. The Morgan fingerprint density at radius 1 is 1.02 bits per heavy atom. The van der Waals surface area contributed by atoms with E-state index < -0.39 is 68.0 Å². The fourth-order valence-corrected chi connectivity index (χ4v) is 9.80. The summed E-state index contributed by atoms with van der Waals surface area (Å²) in [7, 11) is -2.22. The van der Waals surface area contributed by atoms with Crippen molar-refractivity contribution in [3.05, 3.63) is 54.1 Å². The summed E-state index contributed by atoms with van der Waals surface area (Å²) in [5.41, 5.74) is -0.0286. The van der Waals surface area contributed by atoms with Crippen LogP contribution in [0.2, 0.25) is 0 Å². The number of alkyl carbamates (subject to hydrolysis) is 1. The van der Waals surface area contributed by atoms with Gasteiger partial charge in [0.1, 0.15) is 29.5 Å². The lowest BCUT2D eigenvalue weighted by Crippen LogP contribution is -2.60. The van der Waals surface area contributed by atoms with Crippen LogP contribution in [0, 0.1) is 11.3 Å². The first kappa shape index (κ1) is 37.2. The van der Waals surface area contributed by atoms with E-state index in [9.17, 15) is 27.6 Å². The molecular weight excluding hydrogens is 699 g/mol. The first-order valence-electron chi connectivity index (χ1n) is 18.7.